The molecule has 1 aromatic heterocycles. The number of aromatic nitrogens is 1. The fourth-order valence-corrected chi connectivity index (χ4v) is 4.81. The van der Waals surface area contributed by atoms with Crippen LogP contribution in [0.3, 0.4) is 0 Å². The van der Waals surface area contributed by atoms with Crippen molar-refractivity contribution in [1.82, 2.24) is 14.8 Å². The van der Waals surface area contributed by atoms with E-state index in [4.69, 9.17) is 4.74 Å². The fourth-order valence-electron chi connectivity index (χ4n) is 4.81. The minimum atomic E-state index is 0.153. The van der Waals surface area contributed by atoms with E-state index in [0.29, 0.717) is 0 Å². The highest BCUT2D eigenvalue weighted by Gasteiger charge is 2.37. The Morgan fingerprint density at radius 1 is 1.08 bits per heavy atom. The Kier molecular flexibility index (Phi) is 5.55. The van der Waals surface area contributed by atoms with Gasteiger partial charge >= 0.3 is 0 Å². The van der Waals surface area contributed by atoms with Gasteiger partial charge in [-0.3, -0.25) is 9.78 Å². The highest BCUT2D eigenvalue weighted by Crippen LogP contribution is 2.35. The molecule has 0 aliphatic carbocycles. The van der Waals surface area contributed by atoms with E-state index in [1.165, 1.54) is 51.7 Å². The van der Waals surface area contributed by atoms with Crippen LogP contribution in [0, 0.1) is 5.92 Å². The van der Waals surface area contributed by atoms with E-state index in [1.807, 2.05) is 17.0 Å². The van der Waals surface area contributed by atoms with Crippen molar-refractivity contribution in [2.45, 2.75) is 50.5 Å². The minimum absolute atomic E-state index is 0.153. The summed E-state index contributed by atoms with van der Waals surface area (Å²) in [5.74, 6) is 0.873. The molecule has 0 atom stereocenters. The molecule has 0 radical (unpaired) electrons. The predicted octanol–water partition coefficient (Wildman–Crippen LogP) is 2.97. The lowest BCUT2D eigenvalue weighted by Crippen LogP contribution is -2.49. The molecule has 3 aliphatic rings. The highest BCUT2D eigenvalue weighted by atomic mass is 16.5. The minimum Gasteiger partial charge on any atom is -0.375 e. The Bertz CT molecular complexity index is 583. The summed E-state index contributed by atoms with van der Waals surface area (Å²) in [6.07, 6.45) is 11.9. The van der Waals surface area contributed by atoms with Crippen LogP contribution in [0.5, 0.6) is 0 Å². The van der Waals surface area contributed by atoms with Gasteiger partial charge in [-0.05, 0) is 63.0 Å². The van der Waals surface area contributed by atoms with Gasteiger partial charge in [0, 0.05) is 57.3 Å². The summed E-state index contributed by atoms with van der Waals surface area (Å²) >= 11 is 0. The number of amides is 1. The SMILES string of the molecule is O=C(c1ccncc1)N1CCC(CN2CCC3(CCCCO3)CC2)CC1. The second kappa shape index (κ2) is 8.05. The summed E-state index contributed by atoms with van der Waals surface area (Å²) in [7, 11) is 0. The molecule has 5 heteroatoms. The largest absolute Gasteiger partial charge is 0.375 e. The Morgan fingerprint density at radius 2 is 1.81 bits per heavy atom. The molecule has 0 saturated carbocycles. The van der Waals surface area contributed by atoms with Crippen LogP contribution in [0.1, 0.15) is 55.3 Å². The van der Waals surface area contributed by atoms with Crippen molar-refractivity contribution in [3.05, 3.63) is 30.1 Å². The van der Waals surface area contributed by atoms with Gasteiger partial charge in [0.25, 0.3) is 5.91 Å². The van der Waals surface area contributed by atoms with Crippen LogP contribution < -0.4 is 0 Å². The molecular formula is C21H31N3O2. The van der Waals surface area contributed by atoms with E-state index in [9.17, 15) is 4.79 Å². The smallest absolute Gasteiger partial charge is 0.253 e. The number of ether oxygens (including phenoxy) is 1. The molecule has 1 amide bonds. The molecule has 4 rings (SSSR count). The van der Waals surface area contributed by atoms with Crippen LogP contribution in [0.4, 0.5) is 0 Å². The zero-order chi connectivity index (χ0) is 17.8. The van der Waals surface area contributed by atoms with E-state index in [0.717, 1.165) is 44.0 Å². The van der Waals surface area contributed by atoms with Gasteiger partial charge in [-0.2, -0.15) is 0 Å². The van der Waals surface area contributed by atoms with E-state index >= 15 is 0 Å². The summed E-state index contributed by atoms with van der Waals surface area (Å²) in [6.45, 7) is 6.27. The maximum absolute atomic E-state index is 12.5. The number of pyridine rings is 1. The van der Waals surface area contributed by atoms with Gasteiger partial charge in [-0.25, -0.2) is 0 Å². The average Bonchev–Trinajstić information content (AvgIpc) is 2.71. The van der Waals surface area contributed by atoms with E-state index in [-0.39, 0.29) is 11.5 Å². The Hall–Kier alpha value is -1.46. The monoisotopic (exact) mass is 357 g/mol. The van der Waals surface area contributed by atoms with Crippen molar-refractivity contribution in [2.75, 3.05) is 39.3 Å². The Balaban J connectivity index is 1.21. The van der Waals surface area contributed by atoms with Crippen molar-refractivity contribution >= 4 is 5.91 Å². The number of piperidine rings is 2. The summed E-state index contributed by atoms with van der Waals surface area (Å²) in [5.41, 5.74) is 0.960. The normalized spacial score (nSPS) is 24.7. The summed E-state index contributed by atoms with van der Waals surface area (Å²) in [4.78, 5) is 21.2. The first kappa shape index (κ1) is 17.9. The maximum atomic E-state index is 12.5. The lowest BCUT2D eigenvalue weighted by molar-refractivity contribution is -0.112. The van der Waals surface area contributed by atoms with Gasteiger partial charge in [0.15, 0.2) is 0 Å². The van der Waals surface area contributed by atoms with Gasteiger partial charge < -0.3 is 14.5 Å². The van der Waals surface area contributed by atoms with Crippen LogP contribution in [0.25, 0.3) is 0 Å². The predicted molar refractivity (Wildman–Crippen MR) is 101 cm³/mol. The van der Waals surface area contributed by atoms with Crippen molar-refractivity contribution in [3.8, 4) is 0 Å². The van der Waals surface area contributed by atoms with Crippen molar-refractivity contribution in [1.29, 1.82) is 0 Å². The van der Waals surface area contributed by atoms with Gasteiger partial charge in [0.2, 0.25) is 0 Å². The van der Waals surface area contributed by atoms with E-state index < -0.39 is 0 Å². The number of nitrogens with zero attached hydrogens (tertiary/aromatic N) is 3. The first-order chi connectivity index (χ1) is 12.7. The van der Waals surface area contributed by atoms with E-state index in [2.05, 4.69) is 9.88 Å². The number of rotatable bonds is 3. The van der Waals surface area contributed by atoms with Gasteiger partial charge in [0.05, 0.1) is 5.60 Å². The molecule has 3 aliphatic heterocycles. The summed E-state index contributed by atoms with van der Waals surface area (Å²) in [6, 6.07) is 3.62. The molecule has 3 saturated heterocycles. The standard InChI is InChI=1S/C21H31N3O2/c25-20(19-3-10-22-11-4-19)24-12-5-18(6-13-24)17-23-14-8-21(9-15-23)7-1-2-16-26-21/h3-4,10-11,18H,1-2,5-9,12-17H2. The van der Waals surface area contributed by atoms with Crippen LogP contribution in [0.15, 0.2) is 24.5 Å². The van der Waals surface area contributed by atoms with Gasteiger partial charge in [-0.15, -0.1) is 0 Å². The topological polar surface area (TPSA) is 45.7 Å². The van der Waals surface area contributed by atoms with Crippen LogP contribution in [0.2, 0.25) is 0 Å². The van der Waals surface area contributed by atoms with Crippen LogP contribution >= 0.6 is 0 Å². The lowest BCUT2D eigenvalue weighted by Gasteiger charge is -2.45. The summed E-state index contributed by atoms with van der Waals surface area (Å²) in [5, 5.41) is 0. The lowest BCUT2D eigenvalue weighted by atomic mass is 9.84. The molecule has 26 heavy (non-hydrogen) atoms. The molecule has 1 aromatic rings. The first-order valence-electron chi connectivity index (χ1n) is 10.3. The molecule has 142 valence electrons. The third kappa shape index (κ3) is 4.09. The third-order valence-electron chi connectivity index (χ3n) is 6.55. The number of carbonyl (C=O) groups is 1. The molecule has 4 heterocycles. The summed E-state index contributed by atoms with van der Waals surface area (Å²) < 4.78 is 6.15. The maximum Gasteiger partial charge on any atom is 0.253 e. The molecule has 0 N–H and O–H groups in total. The average molecular weight is 357 g/mol. The number of hydrogen-bond donors (Lipinski definition) is 0. The van der Waals surface area contributed by atoms with Gasteiger partial charge in [-0.1, -0.05) is 0 Å². The Labute approximate surface area is 156 Å². The molecule has 1 spiro atoms. The quantitative estimate of drug-likeness (QED) is 0.834. The van der Waals surface area contributed by atoms with Gasteiger partial charge in [0.1, 0.15) is 0 Å². The Morgan fingerprint density at radius 3 is 2.46 bits per heavy atom. The molecular weight excluding hydrogens is 326 g/mol. The number of carbonyl (C=O) groups excluding carboxylic acids is 1. The van der Waals surface area contributed by atoms with E-state index in [1.54, 1.807) is 12.4 Å². The number of hydrogen-bond acceptors (Lipinski definition) is 4. The second-order valence-corrected chi connectivity index (χ2v) is 8.26. The molecule has 3 fully saturated rings. The molecule has 5 nitrogen and oxygen atoms in total. The second-order valence-electron chi connectivity index (χ2n) is 8.26. The van der Waals surface area contributed by atoms with Crippen molar-refractivity contribution in [2.24, 2.45) is 5.92 Å². The van der Waals surface area contributed by atoms with Crippen molar-refractivity contribution < 1.29 is 9.53 Å². The molecule has 0 unspecified atom stereocenters. The highest BCUT2D eigenvalue weighted by molar-refractivity contribution is 5.94. The third-order valence-corrected chi connectivity index (χ3v) is 6.55. The fraction of sp³-hybridized carbons (Fsp3) is 0.714. The van der Waals surface area contributed by atoms with Crippen LogP contribution in [-0.4, -0.2) is 65.6 Å². The first-order valence-corrected chi connectivity index (χ1v) is 10.3. The van der Waals surface area contributed by atoms with Crippen molar-refractivity contribution in [3.63, 3.8) is 0 Å². The number of likely N-dealkylation sites (tertiary alicyclic amines) is 2. The molecule has 0 bridgehead atoms. The van der Waals surface area contributed by atoms with Crippen LogP contribution in [-0.2, 0) is 4.74 Å². The zero-order valence-corrected chi connectivity index (χ0v) is 15.7. The molecule has 0 aromatic carbocycles. The zero-order valence-electron chi connectivity index (χ0n) is 15.7.